The van der Waals surface area contributed by atoms with Crippen molar-refractivity contribution in [2.75, 3.05) is 18.5 Å². The first-order valence-electron chi connectivity index (χ1n) is 6.90. The largest absolute Gasteiger partial charge is 0.394 e. The molecule has 0 saturated heterocycles. The Morgan fingerprint density at radius 1 is 1.11 bits per heavy atom. The second-order valence-corrected chi connectivity index (χ2v) is 4.65. The van der Waals surface area contributed by atoms with Gasteiger partial charge in [0.1, 0.15) is 5.82 Å². The molecule has 0 aliphatic carbocycles. The van der Waals surface area contributed by atoms with E-state index in [0.29, 0.717) is 11.9 Å². The fourth-order valence-corrected chi connectivity index (χ4v) is 1.81. The summed E-state index contributed by atoms with van der Waals surface area (Å²) >= 11 is 0. The summed E-state index contributed by atoms with van der Waals surface area (Å²) in [7, 11) is 0. The van der Waals surface area contributed by atoms with E-state index < -0.39 is 0 Å². The van der Waals surface area contributed by atoms with E-state index in [1.54, 1.807) is 0 Å². The molecule has 1 rings (SSSR count). The summed E-state index contributed by atoms with van der Waals surface area (Å²) in [5, 5.41) is 24.4. The minimum Gasteiger partial charge on any atom is -0.394 e. The Balaban J connectivity index is 2.47. The average Bonchev–Trinajstić information content (AvgIpc) is 2.47. The molecule has 0 amide bonds. The number of rotatable bonds is 9. The van der Waals surface area contributed by atoms with Crippen LogP contribution in [0, 0.1) is 0 Å². The molecule has 0 aliphatic rings. The monoisotopic (exact) mass is 267 g/mol. The fraction of sp³-hybridized carbons (Fsp3) is 0.643. The van der Waals surface area contributed by atoms with E-state index in [-0.39, 0.29) is 19.3 Å². The first-order valence-corrected chi connectivity index (χ1v) is 6.90. The first-order chi connectivity index (χ1) is 9.23. The number of hydrogen-bond acceptors (Lipinski definition) is 5. The van der Waals surface area contributed by atoms with Gasteiger partial charge in [0.15, 0.2) is 0 Å². The van der Waals surface area contributed by atoms with Gasteiger partial charge in [0.05, 0.1) is 19.3 Å². The van der Waals surface area contributed by atoms with Gasteiger partial charge < -0.3 is 20.8 Å². The molecule has 19 heavy (non-hydrogen) atoms. The SMILES string of the molecule is CCC(CC)NCc1ccc(NC(CO)CO)nc1. The molecule has 0 fully saturated rings. The standard InChI is InChI=1S/C14H25N3O2/c1-3-12(4-2)15-7-11-5-6-14(16-8-11)17-13(9-18)10-19/h5-6,8,12-13,15,18-19H,3-4,7,9-10H2,1-2H3,(H,16,17). The summed E-state index contributed by atoms with van der Waals surface area (Å²) in [6, 6.07) is 4.05. The summed E-state index contributed by atoms with van der Waals surface area (Å²) in [5.41, 5.74) is 1.13. The van der Waals surface area contributed by atoms with Gasteiger partial charge in [0, 0.05) is 18.8 Å². The number of aliphatic hydroxyl groups excluding tert-OH is 2. The van der Waals surface area contributed by atoms with E-state index in [4.69, 9.17) is 10.2 Å². The number of pyridine rings is 1. The number of hydrogen-bond donors (Lipinski definition) is 4. The van der Waals surface area contributed by atoms with Crippen LogP contribution in [0.3, 0.4) is 0 Å². The topological polar surface area (TPSA) is 77.4 Å². The summed E-state index contributed by atoms with van der Waals surface area (Å²) in [6.07, 6.45) is 4.06. The molecule has 1 heterocycles. The molecule has 4 N–H and O–H groups in total. The van der Waals surface area contributed by atoms with Crippen LogP contribution in [-0.2, 0) is 6.54 Å². The van der Waals surface area contributed by atoms with Gasteiger partial charge in [0.25, 0.3) is 0 Å². The van der Waals surface area contributed by atoms with Gasteiger partial charge in [-0.25, -0.2) is 4.98 Å². The second-order valence-electron chi connectivity index (χ2n) is 4.65. The zero-order chi connectivity index (χ0) is 14.1. The van der Waals surface area contributed by atoms with E-state index in [2.05, 4.69) is 29.5 Å². The van der Waals surface area contributed by atoms with E-state index in [9.17, 15) is 0 Å². The highest BCUT2D eigenvalue weighted by Crippen LogP contribution is 2.07. The Kier molecular flexibility index (Phi) is 7.40. The van der Waals surface area contributed by atoms with Crippen LogP contribution < -0.4 is 10.6 Å². The van der Waals surface area contributed by atoms with Crippen molar-refractivity contribution in [2.45, 2.75) is 45.3 Å². The molecule has 5 heteroatoms. The molecular weight excluding hydrogens is 242 g/mol. The minimum absolute atomic E-state index is 0.115. The van der Waals surface area contributed by atoms with Crippen LogP contribution in [0.4, 0.5) is 5.82 Å². The van der Waals surface area contributed by atoms with Crippen molar-refractivity contribution in [1.29, 1.82) is 0 Å². The molecule has 1 aromatic heterocycles. The molecule has 0 spiro atoms. The van der Waals surface area contributed by atoms with Gasteiger partial charge in [-0.05, 0) is 24.5 Å². The van der Waals surface area contributed by atoms with Crippen molar-refractivity contribution in [2.24, 2.45) is 0 Å². The van der Waals surface area contributed by atoms with Crippen molar-refractivity contribution >= 4 is 5.82 Å². The molecule has 0 unspecified atom stereocenters. The summed E-state index contributed by atoms with van der Waals surface area (Å²) in [6.45, 7) is 4.93. The van der Waals surface area contributed by atoms with Crippen LogP contribution >= 0.6 is 0 Å². The molecule has 0 aliphatic heterocycles. The Labute approximate surface area is 115 Å². The third kappa shape index (κ3) is 5.55. The Bertz CT molecular complexity index is 335. The van der Waals surface area contributed by atoms with Crippen LogP contribution in [0.15, 0.2) is 18.3 Å². The quantitative estimate of drug-likeness (QED) is 0.539. The average molecular weight is 267 g/mol. The van der Waals surface area contributed by atoms with Crippen LogP contribution in [-0.4, -0.2) is 40.5 Å². The Morgan fingerprint density at radius 2 is 1.79 bits per heavy atom. The maximum atomic E-state index is 8.98. The van der Waals surface area contributed by atoms with Gasteiger partial charge >= 0.3 is 0 Å². The predicted molar refractivity (Wildman–Crippen MR) is 77.0 cm³/mol. The van der Waals surface area contributed by atoms with Gasteiger partial charge in [-0.2, -0.15) is 0 Å². The summed E-state index contributed by atoms with van der Waals surface area (Å²) in [4.78, 5) is 4.27. The molecule has 1 aromatic rings. The van der Waals surface area contributed by atoms with Crippen LogP contribution in [0.1, 0.15) is 32.3 Å². The van der Waals surface area contributed by atoms with Gasteiger partial charge in [-0.3, -0.25) is 0 Å². The smallest absolute Gasteiger partial charge is 0.126 e. The molecule has 108 valence electrons. The Hall–Kier alpha value is -1.17. The van der Waals surface area contributed by atoms with E-state index >= 15 is 0 Å². The maximum absolute atomic E-state index is 8.98. The molecule has 0 saturated carbocycles. The van der Waals surface area contributed by atoms with Crippen molar-refractivity contribution in [3.05, 3.63) is 23.9 Å². The zero-order valence-corrected chi connectivity index (χ0v) is 11.8. The minimum atomic E-state index is -0.360. The fourth-order valence-electron chi connectivity index (χ4n) is 1.81. The number of anilines is 1. The third-order valence-corrected chi connectivity index (χ3v) is 3.20. The molecular formula is C14H25N3O2. The lowest BCUT2D eigenvalue weighted by Gasteiger charge is -2.16. The van der Waals surface area contributed by atoms with Crippen molar-refractivity contribution in [1.82, 2.24) is 10.3 Å². The lowest BCUT2D eigenvalue weighted by molar-refractivity contribution is 0.203. The zero-order valence-electron chi connectivity index (χ0n) is 11.8. The van der Waals surface area contributed by atoms with Crippen molar-refractivity contribution in [3.8, 4) is 0 Å². The highest BCUT2D eigenvalue weighted by molar-refractivity contribution is 5.36. The Morgan fingerprint density at radius 3 is 2.26 bits per heavy atom. The van der Waals surface area contributed by atoms with Gasteiger partial charge in [0.2, 0.25) is 0 Å². The first kappa shape index (κ1) is 15.9. The summed E-state index contributed by atoms with van der Waals surface area (Å²) < 4.78 is 0. The van der Waals surface area contributed by atoms with E-state index in [1.165, 1.54) is 0 Å². The van der Waals surface area contributed by atoms with Crippen molar-refractivity contribution in [3.63, 3.8) is 0 Å². The maximum Gasteiger partial charge on any atom is 0.126 e. The van der Waals surface area contributed by atoms with Crippen molar-refractivity contribution < 1.29 is 10.2 Å². The molecule has 0 atom stereocenters. The highest BCUT2D eigenvalue weighted by atomic mass is 16.3. The normalized spacial score (nSPS) is 11.3. The third-order valence-electron chi connectivity index (χ3n) is 3.20. The number of aromatic nitrogens is 1. The number of aliphatic hydroxyl groups is 2. The lowest BCUT2D eigenvalue weighted by atomic mass is 10.1. The van der Waals surface area contributed by atoms with Gasteiger partial charge in [-0.15, -0.1) is 0 Å². The summed E-state index contributed by atoms with van der Waals surface area (Å²) in [5.74, 6) is 0.666. The molecule has 0 bridgehead atoms. The molecule has 0 aromatic carbocycles. The predicted octanol–water partition coefficient (Wildman–Crippen LogP) is 1.12. The number of nitrogens with zero attached hydrogens (tertiary/aromatic N) is 1. The van der Waals surface area contributed by atoms with Crippen LogP contribution in [0.5, 0.6) is 0 Å². The van der Waals surface area contributed by atoms with E-state index in [0.717, 1.165) is 24.9 Å². The second kappa shape index (κ2) is 8.85. The number of nitrogens with one attached hydrogen (secondary N) is 2. The van der Waals surface area contributed by atoms with Gasteiger partial charge in [-0.1, -0.05) is 19.9 Å². The van der Waals surface area contributed by atoms with E-state index in [1.807, 2.05) is 18.3 Å². The van der Waals surface area contributed by atoms with Crippen LogP contribution in [0.25, 0.3) is 0 Å². The lowest BCUT2D eigenvalue weighted by Crippen LogP contribution is -2.28. The molecule has 5 nitrogen and oxygen atoms in total. The van der Waals surface area contributed by atoms with Crippen LogP contribution in [0.2, 0.25) is 0 Å². The molecule has 0 radical (unpaired) electrons. The highest BCUT2D eigenvalue weighted by Gasteiger charge is 2.06.